The molecule has 0 heterocycles. The molecule has 6 atom stereocenters. The van der Waals surface area contributed by atoms with E-state index in [1.54, 1.807) is 12.2 Å². The highest BCUT2D eigenvalue weighted by Crippen LogP contribution is 2.43. The molecule has 0 aliphatic heterocycles. The van der Waals surface area contributed by atoms with Gasteiger partial charge in [-0.25, -0.2) is 4.57 Å². The molecule has 348 valence electrons. The second-order valence-electron chi connectivity index (χ2n) is 16.9. The Morgan fingerprint density at radius 2 is 1.33 bits per heavy atom. The summed E-state index contributed by atoms with van der Waals surface area (Å²) in [4.78, 5) is 48.1. The lowest BCUT2D eigenvalue weighted by Gasteiger charge is -2.24. The van der Waals surface area contributed by atoms with Crippen LogP contribution in [0.3, 0.4) is 0 Å². The van der Waals surface area contributed by atoms with Gasteiger partial charge < -0.3 is 29.1 Å². The first-order chi connectivity index (χ1) is 29.2. The molecule has 0 spiro atoms. The van der Waals surface area contributed by atoms with Gasteiger partial charge in [0.2, 0.25) is 0 Å². The van der Waals surface area contributed by atoms with E-state index in [1.165, 1.54) is 19.3 Å². The second kappa shape index (κ2) is 34.5. The van der Waals surface area contributed by atoms with Crippen LogP contribution < -0.4 is 0 Å². The molecule has 0 bridgehead atoms. The first-order valence-electron chi connectivity index (χ1n) is 22.8. The Morgan fingerprint density at radius 1 is 0.770 bits per heavy atom. The standard InChI is InChI=1S/C48H80NO11P/c1-6-8-10-11-12-13-14-15-16-17-18-19-20-21-22-23-29-33-48(54)60-42(40-59-61(55,56)58-37-36-49(3,4)5)39-57-47(53)32-28-25-24-27-31-43-44(46(52)38-45(43)51)35-34-41(50)30-26-9-7-2/h12-13,15-16,18-19,21-22,24,27,34-35,41-44,46,50,52H,6-11,14,17,20,23,25-26,28-33,36-40H2,1-5H3/p+1/b13-12-,16-15-,19-18-,22-21-,27-24-,35-34+/t41-,42+,43+,44+,46+/m0/s1. The molecule has 12 nitrogen and oxygen atoms in total. The molecular weight excluding hydrogens is 797 g/mol. The Labute approximate surface area is 368 Å². The third-order valence-electron chi connectivity index (χ3n) is 10.1. The topological polar surface area (TPSA) is 166 Å². The van der Waals surface area contributed by atoms with Gasteiger partial charge in [-0.05, 0) is 70.6 Å². The minimum absolute atomic E-state index is 0.00477. The van der Waals surface area contributed by atoms with Crippen molar-refractivity contribution in [1.82, 2.24) is 0 Å². The quantitative estimate of drug-likeness (QED) is 0.0180. The normalized spacial score (nSPS) is 19.7. The number of ether oxygens (including phenoxy) is 2. The van der Waals surface area contributed by atoms with E-state index in [2.05, 4.69) is 50.3 Å². The number of phosphoric acid groups is 1. The molecule has 1 unspecified atom stereocenters. The minimum Gasteiger partial charge on any atom is -0.462 e. The van der Waals surface area contributed by atoms with Crippen molar-refractivity contribution in [2.24, 2.45) is 11.8 Å². The summed E-state index contributed by atoms with van der Waals surface area (Å²) in [6.45, 7) is 3.89. The molecule has 0 saturated heterocycles. The summed E-state index contributed by atoms with van der Waals surface area (Å²) in [5.41, 5.74) is 0. The van der Waals surface area contributed by atoms with Gasteiger partial charge in [0.05, 0.1) is 40.0 Å². The molecule has 0 aromatic heterocycles. The van der Waals surface area contributed by atoms with Crippen molar-refractivity contribution in [3.8, 4) is 0 Å². The van der Waals surface area contributed by atoms with Gasteiger partial charge in [0.25, 0.3) is 0 Å². The average molecular weight is 879 g/mol. The van der Waals surface area contributed by atoms with Crippen LogP contribution in [-0.4, -0.2) is 103 Å². The summed E-state index contributed by atoms with van der Waals surface area (Å²) < 4.78 is 34.2. The fourth-order valence-corrected chi connectivity index (χ4v) is 7.14. The van der Waals surface area contributed by atoms with Crippen molar-refractivity contribution in [2.75, 3.05) is 47.5 Å². The number of likely N-dealkylation sites (N-methyl/N-ethyl adjacent to an activating group) is 1. The number of esters is 2. The van der Waals surface area contributed by atoms with Crippen LogP contribution >= 0.6 is 7.82 Å². The molecule has 0 radical (unpaired) electrons. The highest BCUT2D eigenvalue weighted by molar-refractivity contribution is 7.47. The number of nitrogens with zero attached hydrogens (tertiary/aromatic N) is 1. The van der Waals surface area contributed by atoms with E-state index in [9.17, 15) is 34.1 Å². The molecule has 0 amide bonds. The monoisotopic (exact) mass is 879 g/mol. The number of carbonyl (C=O) groups is 3. The fourth-order valence-electron chi connectivity index (χ4n) is 6.40. The van der Waals surface area contributed by atoms with Crippen molar-refractivity contribution in [1.29, 1.82) is 0 Å². The number of Topliss-reactive ketones (excluding diaryl/α,β-unsaturated/α-hetero) is 1. The SMILES string of the molecule is CCCCC/C=C\C/C=C\C/C=C\C/C=C\CCCC(=O)O[C@H](COC(=O)CCC/C=C\C[C@H]1C(=O)C[C@@H](O)[C@@H]1/C=C/[C@@H](O)CCCCC)COP(=O)(O)OCC[N+](C)(C)C. The molecule has 1 aliphatic carbocycles. The number of carbonyl (C=O) groups excluding carboxylic acids is 3. The Morgan fingerprint density at radius 3 is 1.93 bits per heavy atom. The summed E-state index contributed by atoms with van der Waals surface area (Å²) >= 11 is 0. The van der Waals surface area contributed by atoms with Crippen LogP contribution in [0, 0.1) is 11.8 Å². The molecule has 1 fully saturated rings. The zero-order valence-corrected chi connectivity index (χ0v) is 39.0. The lowest BCUT2D eigenvalue weighted by Crippen LogP contribution is -2.37. The summed E-state index contributed by atoms with van der Waals surface area (Å²) in [6.07, 6.45) is 36.1. The van der Waals surface area contributed by atoms with Gasteiger partial charge in [-0.2, -0.15) is 0 Å². The fraction of sp³-hybridized carbons (Fsp3) is 0.688. The highest BCUT2D eigenvalue weighted by atomic mass is 31.2. The van der Waals surface area contributed by atoms with Crippen LogP contribution in [0.25, 0.3) is 0 Å². The minimum atomic E-state index is -4.46. The van der Waals surface area contributed by atoms with Crippen LogP contribution in [0.15, 0.2) is 72.9 Å². The summed E-state index contributed by atoms with van der Waals surface area (Å²) in [7, 11) is 1.28. The molecule has 1 rings (SSSR count). The first-order valence-corrected chi connectivity index (χ1v) is 24.3. The Hall–Kier alpha value is -2.96. The number of rotatable bonds is 36. The van der Waals surface area contributed by atoms with Gasteiger partial charge in [0, 0.05) is 31.1 Å². The van der Waals surface area contributed by atoms with E-state index >= 15 is 0 Å². The number of allylic oxidation sites excluding steroid dienone is 10. The summed E-state index contributed by atoms with van der Waals surface area (Å²) in [5, 5.41) is 20.7. The molecule has 0 aromatic carbocycles. The maximum absolute atomic E-state index is 12.7. The number of hydrogen-bond acceptors (Lipinski definition) is 10. The molecule has 61 heavy (non-hydrogen) atoms. The maximum Gasteiger partial charge on any atom is 0.472 e. The Kier molecular flexibility index (Phi) is 31.7. The number of ketones is 1. The van der Waals surface area contributed by atoms with Crippen molar-refractivity contribution in [3.63, 3.8) is 0 Å². The van der Waals surface area contributed by atoms with Crippen LogP contribution in [-0.2, 0) is 37.5 Å². The largest absolute Gasteiger partial charge is 0.472 e. The molecule has 3 N–H and O–H groups in total. The van der Waals surface area contributed by atoms with Crippen molar-refractivity contribution >= 4 is 25.5 Å². The van der Waals surface area contributed by atoms with E-state index in [-0.39, 0.29) is 50.1 Å². The van der Waals surface area contributed by atoms with E-state index in [4.69, 9.17) is 18.5 Å². The number of unbranched alkanes of at least 4 members (excludes halogenated alkanes) is 7. The van der Waals surface area contributed by atoms with Crippen LogP contribution in [0.5, 0.6) is 0 Å². The number of quaternary nitrogens is 1. The molecular formula is C48H81NO11P+. The molecule has 13 heteroatoms. The van der Waals surface area contributed by atoms with Gasteiger partial charge in [-0.15, -0.1) is 0 Å². The van der Waals surface area contributed by atoms with Gasteiger partial charge >= 0.3 is 19.8 Å². The number of phosphoric ester groups is 1. The summed E-state index contributed by atoms with van der Waals surface area (Å²) in [6, 6.07) is 0. The van der Waals surface area contributed by atoms with Crippen LogP contribution in [0.4, 0.5) is 0 Å². The third kappa shape index (κ3) is 31.5. The van der Waals surface area contributed by atoms with Gasteiger partial charge in [-0.3, -0.25) is 23.4 Å². The zero-order valence-electron chi connectivity index (χ0n) is 38.1. The van der Waals surface area contributed by atoms with Crippen molar-refractivity contribution in [3.05, 3.63) is 72.9 Å². The van der Waals surface area contributed by atoms with E-state index in [1.807, 2.05) is 45.4 Å². The van der Waals surface area contributed by atoms with E-state index in [0.717, 1.165) is 44.9 Å². The van der Waals surface area contributed by atoms with Crippen LogP contribution in [0.1, 0.15) is 136 Å². The third-order valence-corrected chi connectivity index (χ3v) is 11.1. The van der Waals surface area contributed by atoms with E-state index in [0.29, 0.717) is 49.6 Å². The van der Waals surface area contributed by atoms with Crippen molar-refractivity contribution < 1.29 is 57.1 Å². The number of hydrogen-bond donors (Lipinski definition) is 3. The van der Waals surface area contributed by atoms with Gasteiger partial charge in [0.15, 0.2) is 6.10 Å². The molecule has 0 aromatic rings. The molecule has 1 aliphatic rings. The van der Waals surface area contributed by atoms with E-state index < -0.39 is 44.7 Å². The Bertz CT molecular complexity index is 1430. The predicted octanol–water partition coefficient (Wildman–Crippen LogP) is 9.61. The summed E-state index contributed by atoms with van der Waals surface area (Å²) in [5.74, 6) is -1.79. The first kappa shape index (κ1) is 56.1. The average Bonchev–Trinajstić information content (AvgIpc) is 3.47. The smallest absolute Gasteiger partial charge is 0.462 e. The number of aliphatic hydroxyl groups excluding tert-OH is 2. The maximum atomic E-state index is 12.7. The Balaban J connectivity index is 2.54. The molecule has 1 saturated carbocycles. The van der Waals surface area contributed by atoms with Gasteiger partial charge in [0.1, 0.15) is 25.5 Å². The number of aliphatic hydroxyl groups is 2. The predicted molar refractivity (Wildman–Crippen MR) is 243 cm³/mol. The van der Waals surface area contributed by atoms with Crippen molar-refractivity contribution in [2.45, 2.75) is 154 Å². The van der Waals surface area contributed by atoms with Crippen LogP contribution in [0.2, 0.25) is 0 Å². The zero-order chi connectivity index (χ0) is 45.2. The van der Waals surface area contributed by atoms with Gasteiger partial charge in [-0.1, -0.05) is 119 Å². The lowest BCUT2D eigenvalue weighted by atomic mass is 9.90. The highest BCUT2D eigenvalue weighted by Gasteiger charge is 2.39. The lowest BCUT2D eigenvalue weighted by molar-refractivity contribution is -0.870. The second-order valence-corrected chi connectivity index (χ2v) is 18.3.